The number of ether oxygens (including phenoxy) is 6. The molecule has 0 saturated heterocycles. The highest BCUT2D eigenvalue weighted by atomic mass is 16.6. The Morgan fingerprint density at radius 1 is 0.959 bits per heavy atom. The van der Waals surface area contributed by atoms with Crippen LogP contribution in [0.3, 0.4) is 0 Å². The molecule has 0 aromatic heterocycles. The van der Waals surface area contributed by atoms with Crippen molar-refractivity contribution in [3.8, 4) is 17.2 Å². The molecule has 3 aromatic rings. The molecule has 12 nitrogen and oxygen atoms in total. The number of nitrogens with zero attached hydrogens (tertiary/aromatic N) is 1. The van der Waals surface area contributed by atoms with E-state index in [9.17, 15) is 19.5 Å². The number of carbonyl (C=O) groups excluding carboxylic acids is 3. The summed E-state index contributed by atoms with van der Waals surface area (Å²) in [5.74, 6) is -0.679. The Morgan fingerprint density at radius 3 is 2.27 bits per heavy atom. The molecule has 12 heteroatoms. The number of aliphatic imine (C=N–C) groups is 1. The van der Waals surface area contributed by atoms with Crippen LogP contribution in [0.25, 0.3) is 0 Å². The first-order valence-electron chi connectivity index (χ1n) is 15.9. The maximum absolute atomic E-state index is 13.1. The number of hydrogen-bond acceptors (Lipinski definition) is 11. The van der Waals surface area contributed by atoms with Crippen LogP contribution in [0.2, 0.25) is 0 Å². The summed E-state index contributed by atoms with van der Waals surface area (Å²) < 4.78 is 34.4. The van der Waals surface area contributed by atoms with Gasteiger partial charge in [-0.05, 0) is 81.6 Å². The van der Waals surface area contributed by atoms with E-state index in [2.05, 4.69) is 10.3 Å². The monoisotopic (exact) mass is 676 g/mol. The summed E-state index contributed by atoms with van der Waals surface area (Å²) in [6, 6.07) is 20.6. The summed E-state index contributed by atoms with van der Waals surface area (Å²) in [5, 5.41) is 13.7. The van der Waals surface area contributed by atoms with Gasteiger partial charge in [-0.25, -0.2) is 9.79 Å². The van der Waals surface area contributed by atoms with E-state index in [1.54, 1.807) is 84.2 Å². The van der Waals surface area contributed by atoms with Crippen molar-refractivity contribution in [2.75, 3.05) is 20.8 Å². The van der Waals surface area contributed by atoms with Crippen LogP contribution in [0.15, 0.2) is 77.8 Å². The van der Waals surface area contributed by atoms with Crippen molar-refractivity contribution in [1.82, 2.24) is 5.32 Å². The van der Waals surface area contributed by atoms with Crippen molar-refractivity contribution >= 4 is 23.7 Å². The molecule has 4 rings (SSSR count). The Kier molecular flexibility index (Phi) is 11.9. The van der Waals surface area contributed by atoms with Gasteiger partial charge >= 0.3 is 11.9 Å². The molecule has 1 aliphatic rings. The lowest BCUT2D eigenvalue weighted by molar-refractivity contribution is -0.156. The van der Waals surface area contributed by atoms with Gasteiger partial charge in [-0.15, -0.1) is 0 Å². The number of hydrogen-bond donors (Lipinski definition) is 2. The number of aliphatic hydroxyl groups excluding tert-OH is 1. The fourth-order valence-electron chi connectivity index (χ4n) is 4.95. The smallest absolute Gasteiger partial charge is 0.335 e. The second-order valence-corrected chi connectivity index (χ2v) is 12.6. The number of aliphatic hydroxyl groups is 1. The zero-order valence-corrected chi connectivity index (χ0v) is 28.9. The molecule has 0 aliphatic carbocycles. The molecule has 49 heavy (non-hydrogen) atoms. The van der Waals surface area contributed by atoms with Gasteiger partial charge in [-0.1, -0.05) is 43.3 Å². The maximum atomic E-state index is 13.1. The average molecular weight is 677 g/mol. The van der Waals surface area contributed by atoms with Crippen LogP contribution in [-0.4, -0.2) is 73.0 Å². The van der Waals surface area contributed by atoms with Gasteiger partial charge in [0.25, 0.3) is 5.91 Å². The Bertz CT molecular complexity index is 1640. The van der Waals surface area contributed by atoms with Gasteiger partial charge < -0.3 is 38.8 Å². The summed E-state index contributed by atoms with van der Waals surface area (Å²) in [5.41, 5.74) is -0.175. The molecule has 4 atom stereocenters. The minimum absolute atomic E-state index is 0.182. The topological polar surface area (TPSA) is 151 Å². The van der Waals surface area contributed by atoms with Gasteiger partial charge in [0.1, 0.15) is 30.1 Å². The molecule has 0 fully saturated rings. The van der Waals surface area contributed by atoms with Crippen LogP contribution >= 0.6 is 0 Å². The van der Waals surface area contributed by atoms with E-state index < -0.39 is 53.8 Å². The van der Waals surface area contributed by atoms with Crippen LogP contribution in [0.4, 0.5) is 0 Å². The normalized spacial score (nSPS) is 17.4. The Hall–Kier alpha value is -5.10. The second-order valence-electron chi connectivity index (χ2n) is 12.6. The molecule has 1 aliphatic heterocycles. The van der Waals surface area contributed by atoms with Gasteiger partial charge in [-0.2, -0.15) is 0 Å². The van der Waals surface area contributed by atoms with E-state index in [1.165, 1.54) is 7.11 Å². The first-order chi connectivity index (χ1) is 23.3. The molecular formula is C37H44N2O10. The van der Waals surface area contributed by atoms with E-state index in [0.29, 0.717) is 22.6 Å². The van der Waals surface area contributed by atoms with Gasteiger partial charge in [0.05, 0.1) is 14.2 Å². The molecule has 3 aromatic carbocycles. The standard InChI is InChI=1S/C37H44N2O10/c1-8-37(5,32(41)33(42)38-21-29(40)49-36(2,3)4)48-28-20-25(16-19-27(28)46-22-23-12-10-9-11-13-23)31-30(35(43)45-7)39-34(47-31)24-14-17-26(44-6)18-15-24/h9-20,30-32,41H,8,21-22H2,1-7H3,(H,38,42)/t30-,31+,32-,37-/m0/s1. The highest BCUT2D eigenvalue weighted by Crippen LogP contribution is 2.40. The third-order valence-corrected chi connectivity index (χ3v) is 7.79. The largest absolute Gasteiger partial charge is 0.497 e. The Morgan fingerprint density at radius 2 is 1.65 bits per heavy atom. The number of amides is 1. The number of nitrogens with one attached hydrogen (secondary N) is 1. The molecule has 0 unspecified atom stereocenters. The van der Waals surface area contributed by atoms with Crippen LogP contribution in [0, 0.1) is 0 Å². The molecule has 1 heterocycles. The molecule has 0 bridgehead atoms. The number of rotatable bonds is 14. The number of methoxy groups -OCH3 is 2. The Balaban J connectivity index is 1.64. The van der Waals surface area contributed by atoms with E-state index in [4.69, 9.17) is 28.4 Å². The van der Waals surface area contributed by atoms with E-state index in [0.717, 1.165) is 5.56 Å². The van der Waals surface area contributed by atoms with Crippen molar-refractivity contribution in [3.63, 3.8) is 0 Å². The third kappa shape index (κ3) is 9.50. The van der Waals surface area contributed by atoms with E-state index in [-0.39, 0.29) is 24.7 Å². The first kappa shape index (κ1) is 36.7. The van der Waals surface area contributed by atoms with Crippen molar-refractivity contribution in [3.05, 3.63) is 89.5 Å². The number of carbonyl (C=O) groups is 3. The van der Waals surface area contributed by atoms with Gasteiger partial charge in [0.15, 0.2) is 29.7 Å². The molecule has 0 radical (unpaired) electrons. The molecule has 2 N–H and O–H groups in total. The van der Waals surface area contributed by atoms with Crippen molar-refractivity contribution < 1.29 is 47.9 Å². The lowest BCUT2D eigenvalue weighted by Gasteiger charge is -2.34. The van der Waals surface area contributed by atoms with Crippen LogP contribution in [0.5, 0.6) is 17.2 Å². The van der Waals surface area contributed by atoms with Gasteiger partial charge in [0, 0.05) is 5.56 Å². The third-order valence-electron chi connectivity index (χ3n) is 7.79. The minimum atomic E-state index is -1.69. The zero-order valence-electron chi connectivity index (χ0n) is 28.9. The van der Waals surface area contributed by atoms with Gasteiger partial charge in [-0.3, -0.25) is 9.59 Å². The van der Waals surface area contributed by atoms with Crippen LogP contribution < -0.4 is 19.5 Å². The lowest BCUT2D eigenvalue weighted by atomic mass is 9.94. The second kappa shape index (κ2) is 15.9. The summed E-state index contributed by atoms with van der Waals surface area (Å²) in [7, 11) is 2.84. The van der Waals surface area contributed by atoms with E-state index >= 15 is 0 Å². The molecule has 1 amide bonds. The highest BCUT2D eigenvalue weighted by Gasteiger charge is 2.42. The van der Waals surface area contributed by atoms with Gasteiger partial charge in [0.2, 0.25) is 5.90 Å². The van der Waals surface area contributed by atoms with Crippen molar-refractivity contribution in [2.24, 2.45) is 4.99 Å². The summed E-state index contributed by atoms with van der Waals surface area (Å²) in [4.78, 5) is 42.7. The molecular weight excluding hydrogens is 632 g/mol. The summed E-state index contributed by atoms with van der Waals surface area (Å²) in [6.45, 7) is 8.24. The molecule has 0 saturated carbocycles. The van der Waals surface area contributed by atoms with Crippen LogP contribution in [0.1, 0.15) is 63.8 Å². The predicted molar refractivity (Wildman–Crippen MR) is 181 cm³/mol. The van der Waals surface area contributed by atoms with Crippen molar-refractivity contribution in [2.45, 2.75) is 77.1 Å². The Labute approximate surface area is 286 Å². The first-order valence-corrected chi connectivity index (χ1v) is 15.9. The van der Waals surface area contributed by atoms with Crippen molar-refractivity contribution in [1.29, 1.82) is 0 Å². The minimum Gasteiger partial charge on any atom is -0.497 e. The zero-order chi connectivity index (χ0) is 35.8. The number of esters is 2. The lowest BCUT2D eigenvalue weighted by Crippen LogP contribution is -2.53. The molecule has 262 valence electrons. The average Bonchev–Trinajstić information content (AvgIpc) is 3.54. The summed E-state index contributed by atoms with van der Waals surface area (Å²) >= 11 is 0. The highest BCUT2D eigenvalue weighted by molar-refractivity contribution is 5.98. The predicted octanol–water partition coefficient (Wildman–Crippen LogP) is 4.70. The maximum Gasteiger partial charge on any atom is 0.335 e. The quantitative estimate of drug-likeness (QED) is 0.230. The van der Waals surface area contributed by atoms with Crippen LogP contribution in [-0.2, 0) is 35.2 Å². The summed E-state index contributed by atoms with van der Waals surface area (Å²) in [6.07, 6.45) is -2.41. The molecule has 0 spiro atoms. The van der Waals surface area contributed by atoms with E-state index in [1.807, 2.05) is 30.3 Å². The number of benzene rings is 3. The SMILES string of the molecule is CC[C@](C)(Oc1cc([C@H]2OC(c3ccc(OC)cc3)=N[C@@H]2C(=O)OC)ccc1OCc1ccccc1)[C@@H](O)C(=O)NCC(=O)OC(C)(C)C. The fourth-order valence-corrected chi connectivity index (χ4v) is 4.95. The fraction of sp³-hybridized carbons (Fsp3) is 0.405.